The van der Waals surface area contributed by atoms with Gasteiger partial charge in [-0.1, -0.05) is 0 Å². The second kappa shape index (κ2) is 6.02. The second-order valence-corrected chi connectivity index (χ2v) is 6.91. The van der Waals surface area contributed by atoms with Crippen LogP contribution in [0.15, 0.2) is 24.7 Å². The summed E-state index contributed by atoms with van der Waals surface area (Å²) in [5, 5.41) is 4.52. The number of piperidine rings is 1. The van der Waals surface area contributed by atoms with Crippen LogP contribution in [0.4, 0.5) is 0 Å². The van der Waals surface area contributed by atoms with Gasteiger partial charge in [0.1, 0.15) is 5.82 Å². The molecule has 0 N–H and O–H groups in total. The van der Waals surface area contributed by atoms with E-state index in [0.717, 1.165) is 36.7 Å². The van der Waals surface area contributed by atoms with Crippen molar-refractivity contribution in [2.24, 2.45) is 7.05 Å². The lowest BCUT2D eigenvalue weighted by Gasteiger charge is -2.32. The maximum Gasteiger partial charge on any atom is 0.159 e. The summed E-state index contributed by atoms with van der Waals surface area (Å²) in [6.45, 7) is 7.20. The lowest BCUT2D eigenvalue weighted by atomic mass is 9.97. The number of likely N-dealkylation sites (tertiary alicyclic amines) is 1. The monoisotopic (exact) mass is 324 g/mol. The SMILES string of the molecule is Cc1cc(C)n2ncc(CN3CCC[C@H](c4nccn4C)C3)c2n1. The van der Waals surface area contributed by atoms with Gasteiger partial charge in [0.2, 0.25) is 0 Å². The molecule has 4 heterocycles. The minimum atomic E-state index is 0.511. The van der Waals surface area contributed by atoms with Crippen LogP contribution in [0.25, 0.3) is 5.65 Å². The molecule has 3 aromatic rings. The van der Waals surface area contributed by atoms with Crippen molar-refractivity contribution in [3.63, 3.8) is 0 Å². The number of nitrogens with zero attached hydrogens (tertiary/aromatic N) is 6. The summed E-state index contributed by atoms with van der Waals surface area (Å²) in [7, 11) is 2.09. The molecule has 0 unspecified atom stereocenters. The van der Waals surface area contributed by atoms with Gasteiger partial charge in [0.25, 0.3) is 0 Å². The molecule has 1 aliphatic heterocycles. The molecule has 1 atom stereocenters. The zero-order chi connectivity index (χ0) is 16.7. The first-order chi connectivity index (χ1) is 11.6. The molecular weight excluding hydrogens is 300 g/mol. The van der Waals surface area contributed by atoms with E-state index in [1.807, 2.05) is 30.0 Å². The molecule has 1 saturated heterocycles. The van der Waals surface area contributed by atoms with E-state index in [0.29, 0.717) is 5.92 Å². The Labute approximate surface area is 142 Å². The fraction of sp³-hybridized carbons (Fsp3) is 0.500. The topological polar surface area (TPSA) is 51.2 Å². The summed E-state index contributed by atoms with van der Waals surface area (Å²) in [6, 6.07) is 2.07. The predicted molar refractivity (Wildman–Crippen MR) is 92.9 cm³/mol. The molecule has 0 bridgehead atoms. The second-order valence-electron chi connectivity index (χ2n) is 6.91. The average molecular weight is 324 g/mol. The highest BCUT2D eigenvalue weighted by molar-refractivity contribution is 5.47. The van der Waals surface area contributed by atoms with Crippen LogP contribution in [0.1, 0.15) is 41.5 Å². The van der Waals surface area contributed by atoms with E-state index >= 15 is 0 Å². The molecule has 126 valence electrons. The smallest absolute Gasteiger partial charge is 0.159 e. The number of hydrogen-bond acceptors (Lipinski definition) is 4. The van der Waals surface area contributed by atoms with Crippen molar-refractivity contribution in [2.75, 3.05) is 13.1 Å². The molecule has 0 aromatic carbocycles. The highest BCUT2D eigenvalue weighted by Crippen LogP contribution is 2.27. The summed E-state index contributed by atoms with van der Waals surface area (Å²) < 4.78 is 4.10. The maximum atomic E-state index is 4.70. The van der Waals surface area contributed by atoms with Crippen LogP contribution in [0, 0.1) is 13.8 Å². The van der Waals surface area contributed by atoms with Gasteiger partial charge in [0.15, 0.2) is 5.65 Å². The van der Waals surface area contributed by atoms with Crippen LogP contribution in [0.5, 0.6) is 0 Å². The van der Waals surface area contributed by atoms with Crippen molar-refractivity contribution in [1.82, 2.24) is 29.0 Å². The summed E-state index contributed by atoms with van der Waals surface area (Å²) in [6.07, 6.45) is 8.33. The van der Waals surface area contributed by atoms with E-state index in [4.69, 9.17) is 4.98 Å². The van der Waals surface area contributed by atoms with Crippen molar-refractivity contribution >= 4 is 5.65 Å². The number of aryl methyl sites for hydroxylation is 3. The van der Waals surface area contributed by atoms with E-state index in [-0.39, 0.29) is 0 Å². The summed E-state index contributed by atoms with van der Waals surface area (Å²) in [4.78, 5) is 11.8. The predicted octanol–water partition coefficient (Wildman–Crippen LogP) is 2.46. The van der Waals surface area contributed by atoms with Crippen LogP contribution in [-0.4, -0.2) is 42.1 Å². The number of imidazole rings is 1. The molecule has 4 rings (SSSR count). The third-order valence-corrected chi connectivity index (χ3v) is 4.97. The molecule has 24 heavy (non-hydrogen) atoms. The summed E-state index contributed by atoms with van der Waals surface area (Å²) in [5.74, 6) is 1.71. The minimum Gasteiger partial charge on any atom is -0.338 e. The highest BCUT2D eigenvalue weighted by Gasteiger charge is 2.25. The Morgan fingerprint density at radius 1 is 1.29 bits per heavy atom. The van der Waals surface area contributed by atoms with Gasteiger partial charge >= 0.3 is 0 Å². The molecular formula is C18H24N6. The minimum absolute atomic E-state index is 0.511. The molecule has 0 saturated carbocycles. The third-order valence-electron chi connectivity index (χ3n) is 4.97. The van der Waals surface area contributed by atoms with E-state index in [1.165, 1.54) is 24.2 Å². The quantitative estimate of drug-likeness (QED) is 0.742. The van der Waals surface area contributed by atoms with E-state index < -0.39 is 0 Å². The molecule has 0 amide bonds. The standard InChI is InChI=1S/C18H24N6/c1-13-9-14(2)24-18(21-13)16(10-20-24)12-23-7-4-5-15(11-23)17-19-6-8-22(17)3/h6,8-10,15H,4-5,7,11-12H2,1-3H3/t15-/m0/s1. The zero-order valence-electron chi connectivity index (χ0n) is 14.6. The first kappa shape index (κ1) is 15.3. The lowest BCUT2D eigenvalue weighted by molar-refractivity contribution is 0.196. The van der Waals surface area contributed by atoms with Crippen LogP contribution in [-0.2, 0) is 13.6 Å². The van der Waals surface area contributed by atoms with Gasteiger partial charge in [-0.15, -0.1) is 0 Å². The van der Waals surface area contributed by atoms with Crippen molar-refractivity contribution in [3.05, 3.63) is 47.4 Å². The van der Waals surface area contributed by atoms with Crippen molar-refractivity contribution in [2.45, 2.75) is 39.2 Å². The Morgan fingerprint density at radius 3 is 2.96 bits per heavy atom. The first-order valence-corrected chi connectivity index (χ1v) is 8.62. The molecule has 3 aromatic heterocycles. The average Bonchev–Trinajstić information content (AvgIpc) is 3.15. The highest BCUT2D eigenvalue weighted by atomic mass is 15.3. The van der Waals surface area contributed by atoms with Crippen LogP contribution >= 0.6 is 0 Å². The molecule has 1 aliphatic rings. The molecule has 0 spiro atoms. The molecule has 0 aliphatic carbocycles. The lowest BCUT2D eigenvalue weighted by Crippen LogP contribution is -2.34. The maximum absolute atomic E-state index is 4.70. The van der Waals surface area contributed by atoms with Gasteiger partial charge in [0.05, 0.1) is 6.20 Å². The van der Waals surface area contributed by atoms with Gasteiger partial charge in [-0.3, -0.25) is 4.90 Å². The fourth-order valence-corrected chi connectivity index (χ4v) is 3.85. The van der Waals surface area contributed by atoms with E-state index in [1.54, 1.807) is 0 Å². The number of fused-ring (bicyclic) bond motifs is 1. The third kappa shape index (κ3) is 2.71. The Morgan fingerprint density at radius 2 is 2.17 bits per heavy atom. The Kier molecular flexibility index (Phi) is 3.84. The summed E-state index contributed by atoms with van der Waals surface area (Å²) >= 11 is 0. The number of rotatable bonds is 3. The molecule has 1 fully saturated rings. The van der Waals surface area contributed by atoms with E-state index in [9.17, 15) is 0 Å². The van der Waals surface area contributed by atoms with Gasteiger partial charge in [-0.05, 0) is 39.3 Å². The summed E-state index contributed by atoms with van der Waals surface area (Å²) in [5.41, 5.74) is 4.38. The number of hydrogen-bond donors (Lipinski definition) is 0. The zero-order valence-corrected chi connectivity index (χ0v) is 14.6. The van der Waals surface area contributed by atoms with Gasteiger partial charge in [-0.2, -0.15) is 5.10 Å². The molecule has 6 heteroatoms. The van der Waals surface area contributed by atoms with E-state index in [2.05, 4.69) is 39.6 Å². The van der Waals surface area contributed by atoms with Gasteiger partial charge in [0, 0.05) is 55.4 Å². The Balaban J connectivity index is 1.56. The molecule has 0 radical (unpaired) electrons. The Hall–Kier alpha value is -2.21. The molecule has 6 nitrogen and oxygen atoms in total. The Bertz CT molecular complexity index is 862. The normalized spacial score (nSPS) is 19.2. The van der Waals surface area contributed by atoms with Crippen LogP contribution in [0.2, 0.25) is 0 Å². The van der Waals surface area contributed by atoms with Crippen molar-refractivity contribution in [1.29, 1.82) is 0 Å². The van der Waals surface area contributed by atoms with Crippen molar-refractivity contribution in [3.8, 4) is 0 Å². The van der Waals surface area contributed by atoms with Gasteiger partial charge in [-0.25, -0.2) is 14.5 Å². The fourth-order valence-electron chi connectivity index (χ4n) is 3.85. The van der Waals surface area contributed by atoms with Gasteiger partial charge < -0.3 is 4.57 Å². The number of aromatic nitrogens is 5. The largest absolute Gasteiger partial charge is 0.338 e. The van der Waals surface area contributed by atoms with Crippen LogP contribution in [0.3, 0.4) is 0 Å². The van der Waals surface area contributed by atoms with Crippen molar-refractivity contribution < 1.29 is 0 Å². The first-order valence-electron chi connectivity index (χ1n) is 8.62. The van der Waals surface area contributed by atoms with Crippen LogP contribution < -0.4 is 0 Å².